The monoisotopic (exact) mass is 329 g/mol. The summed E-state index contributed by atoms with van der Waals surface area (Å²) in [4.78, 5) is 20.5. The lowest BCUT2D eigenvalue weighted by atomic mass is 10.1. The second-order valence-electron chi connectivity index (χ2n) is 4.59. The molecule has 0 aliphatic carbocycles. The molecule has 0 aliphatic heterocycles. The second kappa shape index (κ2) is 6.68. The van der Waals surface area contributed by atoms with E-state index in [9.17, 15) is 4.79 Å². The van der Waals surface area contributed by atoms with Crippen LogP contribution in [-0.4, -0.2) is 15.9 Å². The zero-order valence-electron chi connectivity index (χ0n) is 11.5. The van der Waals surface area contributed by atoms with Crippen molar-refractivity contribution in [1.82, 2.24) is 9.97 Å². The van der Waals surface area contributed by atoms with Crippen molar-refractivity contribution in [2.24, 2.45) is 0 Å². The summed E-state index contributed by atoms with van der Waals surface area (Å²) < 4.78 is 0. The maximum atomic E-state index is 12.1. The lowest BCUT2D eigenvalue weighted by molar-refractivity contribution is -0.115. The molecular formula is C16H12ClN3OS. The summed E-state index contributed by atoms with van der Waals surface area (Å²) in [5.41, 5.74) is 2.59. The van der Waals surface area contributed by atoms with Crippen LogP contribution in [0.4, 0.5) is 5.13 Å². The predicted molar refractivity (Wildman–Crippen MR) is 89.1 cm³/mol. The summed E-state index contributed by atoms with van der Waals surface area (Å²) in [5, 5.41) is 5.87. The van der Waals surface area contributed by atoms with Crippen LogP contribution < -0.4 is 5.32 Å². The third-order valence-electron chi connectivity index (χ3n) is 3.04. The summed E-state index contributed by atoms with van der Waals surface area (Å²) in [6.45, 7) is 0. The number of pyridine rings is 1. The van der Waals surface area contributed by atoms with E-state index >= 15 is 0 Å². The lowest BCUT2D eigenvalue weighted by Gasteiger charge is -2.03. The Labute approximate surface area is 136 Å². The molecule has 1 amide bonds. The van der Waals surface area contributed by atoms with Crippen molar-refractivity contribution in [1.29, 1.82) is 0 Å². The Morgan fingerprint density at radius 1 is 1.18 bits per heavy atom. The van der Waals surface area contributed by atoms with Gasteiger partial charge in [-0.15, -0.1) is 11.3 Å². The van der Waals surface area contributed by atoms with Crippen molar-refractivity contribution in [2.75, 3.05) is 5.32 Å². The molecule has 0 fully saturated rings. The molecule has 0 unspecified atom stereocenters. The van der Waals surface area contributed by atoms with Crippen LogP contribution in [0.3, 0.4) is 0 Å². The Morgan fingerprint density at radius 2 is 1.95 bits per heavy atom. The topological polar surface area (TPSA) is 54.9 Å². The van der Waals surface area contributed by atoms with Gasteiger partial charge >= 0.3 is 0 Å². The van der Waals surface area contributed by atoms with Gasteiger partial charge in [-0.1, -0.05) is 29.8 Å². The van der Waals surface area contributed by atoms with Crippen LogP contribution >= 0.6 is 22.9 Å². The van der Waals surface area contributed by atoms with Gasteiger partial charge in [0.25, 0.3) is 0 Å². The summed E-state index contributed by atoms with van der Waals surface area (Å²) >= 11 is 7.45. The number of anilines is 1. The first-order valence-electron chi connectivity index (χ1n) is 6.61. The highest BCUT2D eigenvalue weighted by Crippen LogP contribution is 2.24. The van der Waals surface area contributed by atoms with Crippen LogP contribution in [0.2, 0.25) is 5.02 Å². The van der Waals surface area contributed by atoms with E-state index < -0.39 is 0 Å². The summed E-state index contributed by atoms with van der Waals surface area (Å²) in [6, 6.07) is 11.1. The average Bonchev–Trinajstić information content (AvgIpc) is 2.99. The fourth-order valence-electron chi connectivity index (χ4n) is 1.96. The molecule has 6 heteroatoms. The zero-order valence-corrected chi connectivity index (χ0v) is 13.1. The molecule has 0 aliphatic rings. The van der Waals surface area contributed by atoms with E-state index in [1.165, 1.54) is 11.3 Å². The number of hydrogen-bond donors (Lipinski definition) is 1. The van der Waals surface area contributed by atoms with Crippen molar-refractivity contribution >= 4 is 34.0 Å². The second-order valence-corrected chi connectivity index (χ2v) is 5.86. The molecule has 3 aromatic rings. The maximum absolute atomic E-state index is 12.1. The quantitative estimate of drug-likeness (QED) is 0.786. The molecule has 4 nitrogen and oxygen atoms in total. The normalized spacial score (nSPS) is 10.4. The highest BCUT2D eigenvalue weighted by atomic mass is 35.5. The van der Waals surface area contributed by atoms with Gasteiger partial charge in [-0.3, -0.25) is 9.78 Å². The number of carbonyl (C=O) groups is 1. The molecule has 2 aromatic heterocycles. The number of aromatic nitrogens is 2. The summed E-state index contributed by atoms with van der Waals surface area (Å²) in [5.74, 6) is -0.135. The average molecular weight is 330 g/mol. The van der Waals surface area contributed by atoms with E-state index in [0.717, 1.165) is 16.8 Å². The Hall–Kier alpha value is -2.24. The Morgan fingerprint density at radius 3 is 2.73 bits per heavy atom. The summed E-state index contributed by atoms with van der Waals surface area (Å²) in [6.07, 6.45) is 3.65. The molecule has 0 radical (unpaired) electrons. The van der Waals surface area contributed by atoms with Crippen LogP contribution in [0.5, 0.6) is 0 Å². The Balaban J connectivity index is 1.68. The number of thiazole rings is 1. The van der Waals surface area contributed by atoms with E-state index in [1.807, 2.05) is 35.7 Å². The van der Waals surface area contributed by atoms with Crippen LogP contribution in [0.1, 0.15) is 5.56 Å². The van der Waals surface area contributed by atoms with Crippen LogP contribution in [0.25, 0.3) is 11.3 Å². The van der Waals surface area contributed by atoms with Gasteiger partial charge in [-0.05, 0) is 23.8 Å². The van der Waals surface area contributed by atoms with E-state index in [1.54, 1.807) is 18.5 Å². The molecular weight excluding hydrogens is 318 g/mol. The first-order chi connectivity index (χ1) is 10.7. The largest absolute Gasteiger partial charge is 0.302 e. The Kier molecular flexibility index (Phi) is 4.46. The van der Waals surface area contributed by atoms with Gasteiger partial charge in [0.15, 0.2) is 5.13 Å². The number of amides is 1. The molecule has 0 saturated carbocycles. The first kappa shape index (κ1) is 14.7. The predicted octanol–water partition coefficient (Wildman–Crippen LogP) is 4.04. The number of nitrogens with zero attached hydrogens (tertiary/aromatic N) is 2. The van der Waals surface area contributed by atoms with E-state index in [2.05, 4.69) is 15.3 Å². The highest BCUT2D eigenvalue weighted by molar-refractivity contribution is 7.14. The SMILES string of the molecule is O=C(Cc1ccccc1Cl)Nc1nc(-c2ccncc2)cs1. The molecule has 2 heterocycles. The number of rotatable bonds is 4. The molecule has 0 saturated heterocycles. The molecule has 110 valence electrons. The van der Waals surface area contributed by atoms with Gasteiger partial charge < -0.3 is 5.32 Å². The van der Waals surface area contributed by atoms with Crippen molar-refractivity contribution < 1.29 is 4.79 Å². The van der Waals surface area contributed by atoms with Gasteiger partial charge in [0, 0.05) is 28.4 Å². The third kappa shape index (κ3) is 3.50. The fourth-order valence-corrected chi connectivity index (χ4v) is 2.90. The molecule has 1 N–H and O–H groups in total. The minimum absolute atomic E-state index is 0.135. The molecule has 0 atom stereocenters. The van der Waals surface area contributed by atoms with Crippen LogP contribution in [0.15, 0.2) is 54.2 Å². The number of benzene rings is 1. The van der Waals surface area contributed by atoms with E-state index in [0.29, 0.717) is 10.2 Å². The van der Waals surface area contributed by atoms with Crippen molar-refractivity contribution in [3.05, 3.63) is 64.8 Å². The zero-order chi connectivity index (χ0) is 15.4. The Bertz CT molecular complexity index is 789. The van der Waals surface area contributed by atoms with Gasteiger partial charge in [0.05, 0.1) is 12.1 Å². The molecule has 1 aromatic carbocycles. The fraction of sp³-hybridized carbons (Fsp3) is 0.0625. The number of carbonyl (C=O) groups excluding carboxylic acids is 1. The minimum Gasteiger partial charge on any atom is -0.302 e. The van der Waals surface area contributed by atoms with Gasteiger partial charge in [0.2, 0.25) is 5.91 Å². The van der Waals surface area contributed by atoms with Crippen molar-refractivity contribution in [3.8, 4) is 11.3 Å². The smallest absolute Gasteiger partial charge is 0.230 e. The first-order valence-corrected chi connectivity index (χ1v) is 7.87. The maximum Gasteiger partial charge on any atom is 0.230 e. The third-order valence-corrected chi connectivity index (χ3v) is 4.16. The molecule has 22 heavy (non-hydrogen) atoms. The van der Waals surface area contributed by atoms with Gasteiger partial charge in [0.1, 0.15) is 0 Å². The van der Waals surface area contributed by atoms with Crippen molar-refractivity contribution in [3.63, 3.8) is 0 Å². The molecule has 3 rings (SSSR count). The van der Waals surface area contributed by atoms with Crippen LogP contribution in [0, 0.1) is 0 Å². The van der Waals surface area contributed by atoms with Gasteiger partial charge in [-0.2, -0.15) is 0 Å². The molecule has 0 spiro atoms. The standard InChI is InChI=1S/C16H12ClN3OS/c17-13-4-2-1-3-12(13)9-15(21)20-16-19-14(10-22-16)11-5-7-18-8-6-11/h1-8,10H,9H2,(H,19,20,21). The van der Waals surface area contributed by atoms with E-state index in [-0.39, 0.29) is 12.3 Å². The number of halogens is 1. The lowest BCUT2D eigenvalue weighted by Crippen LogP contribution is -2.14. The minimum atomic E-state index is -0.135. The van der Waals surface area contributed by atoms with E-state index in [4.69, 9.17) is 11.6 Å². The van der Waals surface area contributed by atoms with Gasteiger partial charge in [-0.25, -0.2) is 4.98 Å². The summed E-state index contributed by atoms with van der Waals surface area (Å²) in [7, 11) is 0. The highest BCUT2D eigenvalue weighted by Gasteiger charge is 2.10. The molecule has 0 bridgehead atoms. The van der Waals surface area contributed by atoms with Crippen LogP contribution in [-0.2, 0) is 11.2 Å². The number of hydrogen-bond acceptors (Lipinski definition) is 4. The number of nitrogens with one attached hydrogen (secondary N) is 1. The van der Waals surface area contributed by atoms with Crippen molar-refractivity contribution in [2.45, 2.75) is 6.42 Å².